The lowest BCUT2D eigenvalue weighted by molar-refractivity contribution is -0.128. The first-order valence-corrected chi connectivity index (χ1v) is 6.79. The van der Waals surface area contributed by atoms with Gasteiger partial charge in [-0.15, -0.1) is 0 Å². The van der Waals surface area contributed by atoms with Crippen molar-refractivity contribution in [2.24, 2.45) is 0 Å². The number of carbonyl (C=O) groups excluding carboxylic acids is 1. The summed E-state index contributed by atoms with van der Waals surface area (Å²) in [5, 5.41) is 3.52. The third kappa shape index (κ3) is 5.50. The Balaban J connectivity index is 2.17. The molecule has 0 aliphatic carbocycles. The molecule has 1 heterocycles. The van der Waals surface area contributed by atoms with E-state index in [0.29, 0.717) is 12.5 Å². The highest BCUT2D eigenvalue weighted by atomic mass is 16.2. The van der Waals surface area contributed by atoms with Crippen molar-refractivity contribution in [3.05, 3.63) is 0 Å². The highest BCUT2D eigenvalue weighted by Crippen LogP contribution is 2.10. The third-order valence-corrected chi connectivity index (χ3v) is 3.54. The van der Waals surface area contributed by atoms with Crippen molar-refractivity contribution in [1.82, 2.24) is 15.1 Å². The molecule has 1 aliphatic rings. The van der Waals surface area contributed by atoms with Gasteiger partial charge in [0.05, 0.1) is 0 Å². The molecule has 0 radical (unpaired) electrons. The molecule has 0 aromatic heterocycles. The number of nitrogens with zero attached hydrogens (tertiary/aromatic N) is 2. The minimum absolute atomic E-state index is 0.210. The number of amides is 1. The molecule has 0 saturated carbocycles. The summed E-state index contributed by atoms with van der Waals surface area (Å²) in [4.78, 5) is 15.6. The zero-order valence-corrected chi connectivity index (χ0v) is 11.5. The lowest BCUT2D eigenvalue weighted by Crippen LogP contribution is -2.34. The molecule has 4 nitrogen and oxygen atoms in total. The predicted molar refractivity (Wildman–Crippen MR) is 71.1 cm³/mol. The van der Waals surface area contributed by atoms with Crippen LogP contribution in [0.25, 0.3) is 0 Å². The minimum atomic E-state index is 0.210. The van der Waals surface area contributed by atoms with Crippen LogP contribution in [0.15, 0.2) is 0 Å². The van der Waals surface area contributed by atoms with Gasteiger partial charge >= 0.3 is 0 Å². The molecule has 0 spiro atoms. The molecule has 100 valence electrons. The highest BCUT2D eigenvalue weighted by molar-refractivity contribution is 5.75. The Morgan fingerprint density at radius 1 is 1.35 bits per heavy atom. The second kappa shape index (κ2) is 7.67. The van der Waals surface area contributed by atoms with Gasteiger partial charge in [-0.3, -0.25) is 4.79 Å². The standard InChI is InChI=1S/C13H27N3O/c1-4-16-10-5-6-12(8-11-16)14-9-7-13(17)15(2)3/h12,14H,4-11H2,1-3H3. The molecule has 1 saturated heterocycles. The van der Waals surface area contributed by atoms with Crippen LogP contribution in [0, 0.1) is 0 Å². The van der Waals surface area contributed by atoms with Crippen LogP contribution in [-0.4, -0.2) is 62.0 Å². The molecule has 4 heteroatoms. The van der Waals surface area contributed by atoms with Crippen molar-refractivity contribution in [2.45, 2.75) is 38.6 Å². The Morgan fingerprint density at radius 3 is 2.76 bits per heavy atom. The minimum Gasteiger partial charge on any atom is -0.349 e. The third-order valence-electron chi connectivity index (χ3n) is 3.54. The van der Waals surface area contributed by atoms with E-state index in [-0.39, 0.29) is 5.91 Å². The second-order valence-corrected chi connectivity index (χ2v) is 5.05. The van der Waals surface area contributed by atoms with Crippen LogP contribution in [-0.2, 0) is 4.79 Å². The molecule has 1 amide bonds. The van der Waals surface area contributed by atoms with Gasteiger partial charge in [-0.2, -0.15) is 0 Å². The van der Waals surface area contributed by atoms with E-state index in [1.54, 1.807) is 4.90 Å². The van der Waals surface area contributed by atoms with E-state index in [1.165, 1.54) is 32.4 Å². The maximum absolute atomic E-state index is 11.4. The van der Waals surface area contributed by atoms with E-state index < -0.39 is 0 Å². The number of carbonyl (C=O) groups is 1. The Kier molecular flexibility index (Phi) is 6.52. The zero-order valence-electron chi connectivity index (χ0n) is 11.5. The normalized spacial score (nSPS) is 22.2. The molecule has 1 rings (SSSR count). The molecule has 1 N–H and O–H groups in total. The average Bonchev–Trinajstić information content (AvgIpc) is 2.54. The van der Waals surface area contributed by atoms with Crippen molar-refractivity contribution in [2.75, 3.05) is 40.3 Å². The van der Waals surface area contributed by atoms with Gasteiger partial charge < -0.3 is 15.1 Å². The van der Waals surface area contributed by atoms with Gasteiger partial charge in [-0.25, -0.2) is 0 Å². The van der Waals surface area contributed by atoms with E-state index in [9.17, 15) is 4.79 Å². The summed E-state index contributed by atoms with van der Waals surface area (Å²) in [7, 11) is 3.63. The van der Waals surface area contributed by atoms with Gasteiger partial charge in [0.25, 0.3) is 0 Å². The quantitative estimate of drug-likeness (QED) is 0.778. The molecular weight excluding hydrogens is 214 g/mol. The molecule has 0 aromatic carbocycles. The van der Waals surface area contributed by atoms with Crippen molar-refractivity contribution < 1.29 is 4.79 Å². The van der Waals surface area contributed by atoms with E-state index >= 15 is 0 Å². The van der Waals surface area contributed by atoms with Gasteiger partial charge in [-0.1, -0.05) is 6.92 Å². The van der Waals surface area contributed by atoms with Crippen LogP contribution >= 0.6 is 0 Å². The maximum atomic E-state index is 11.4. The van der Waals surface area contributed by atoms with Gasteiger partial charge in [0.1, 0.15) is 0 Å². The first-order valence-electron chi connectivity index (χ1n) is 6.79. The number of hydrogen-bond acceptors (Lipinski definition) is 3. The molecule has 0 aromatic rings. The van der Waals surface area contributed by atoms with Crippen LogP contribution in [0.2, 0.25) is 0 Å². The summed E-state index contributed by atoms with van der Waals surface area (Å²) in [6.07, 6.45) is 4.34. The Morgan fingerprint density at radius 2 is 2.12 bits per heavy atom. The SMILES string of the molecule is CCN1CCCC(NCCC(=O)N(C)C)CC1. The number of hydrogen-bond donors (Lipinski definition) is 1. The van der Waals surface area contributed by atoms with Gasteiger partial charge in [0, 0.05) is 33.1 Å². The summed E-state index contributed by atoms with van der Waals surface area (Å²) in [6, 6.07) is 0.599. The van der Waals surface area contributed by atoms with Gasteiger partial charge in [-0.05, 0) is 38.9 Å². The fourth-order valence-corrected chi connectivity index (χ4v) is 2.28. The van der Waals surface area contributed by atoms with E-state index in [2.05, 4.69) is 17.1 Å². The summed E-state index contributed by atoms with van der Waals surface area (Å²) in [5.41, 5.74) is 0. The summed E-state index contributed by atoms with van der Waals surface area (Å²) in [6.45, 7) is 6.62. The Labute approximate surface area is 105 Å². The van der Waals surface area contributed by atoms with Crippen molar-refractivity contribution in [3.63, 3.8) is 0 Å². The number of likely N-dealkylation sites (tertiary alicyclic amines) is 1. The molecular formula is C13H27N3O. The molecule has 1 unspecified atom stereocenters. The largest absolute Gasteiger partial charge is 0.349 e. The average molecular weight is 241 g/mol. The van der Waals surface area contributed by atoms with Crippen LogP contribution in [0.5, 0.6) is 0 Å². The molecule has 1 aliphatic heterocycles. The van der Waals surface area contributed by atoms with Crippen molar-refractivity contribution >= 4 is 5.91 Å². The predicted octanol–water partition coefficient (Wildman–Crippen LogP) is 0.929. The lowest BCUT2D eigenvalue weighted by Gasteiger charge is -2.18. The van der Waals surface area contributed by atoms with Crippen LogP contribution in [0.4, 0.5) is 0 Å². The summed E-state index contributed by atoms with van der Waals surface area (Å²) < 4.78 is 0. The molecule has 1 atom stereocenters. The zero-order chi connectivity index (χ0) is 12.7. The summed E-state index contributed by atoms with van der Waals surface area (Å²) in [5.74, 6) is 0.210. The first-order chi connectivity index (χ1) is 8.13. The fourth-order valence-electron chi connectivity index (χ4n) is 2.28. The van der Waals surface area contributed by atoms with Crippen LogP contribution in [0.3, 0.4) is 0 Å². The lowest BCUT2D eigenvalue weighted by atomic mass is 10.1. The fraction of sp³-hybridized carbons (Fsp3) is 0.923. The monoisotopic (exact) mass is 241 g/mol. The molecule has 17 heavy (non-hydrogen) atoms. The number of nitrogens with one attached hydrogen (secondary N) is 1. The first kappa shape index (κ1) is 14.5. The summed E-state index contributed by atoms with van der Waals surface area (Å²) >= 11 is 0. The Bertz CT molecular complexity index is 231. The van der Waals surface area contributed by atoms with Crippen molar-refractivity contribution in [3.8, 4) is 0 Å². The number of rotatable bonds is 5. The van der Waals surface area contributed by atoms with E-state index in [4.69, 9.17) is 0 Å². The smallest absolute Gasteiger partial charge is 0.223 e. The highest BCUT2D eigenvalue weighted by Gasteiger charge is 2.15. The van der Waals surface area contributed by atoms with Crippen LogP contribution in [0.1, 0.15) is 32.6 Å². The Hall–Kier alpha value is -0.610. The molecule has 0 bridgehead atoms. The maximum Gasteiger partial charge on any atom is 0.223 e. The van der Waals surface area contributed by atoms with Gasteiger partial charge in [0.2, 0.25) is 5.91 Å². The van der Waals surface area contributed by atoms with E-state index in [1.807, 2.05) is 14.1 Å². The van der Waals surface area contributed by atoms with Crippen molar-refractivity contribution in [1.29, 1.82) is 0 Å². The van der Waals surface area contributed by atoms with E-state index in [0.717, 1.165) is 13.1 Å². The second-order valence-electron chi connectivity index (χ2n) is 5.05. The van der Waals surface area contributed by atoms with Crippen LogP contribution < -0.4 is 5.32 Å². The van der Waals surface area contributed by atoms with Gasteiger partial charge in [0.15, 0.2) is 0 Å². The topological polar surface area (TPSA) is 35.6 Å². The molecule has 1 fully saturated rings.